The third-order valence-corrected chi connectivity index (χ3v) is 2.65. The molecule has 1 aromatic carbocycles. The Bertz CT molecular complexity index is 348. The molecular formula is C13H17NaO2. The number of rotatable bonds is 5. The molecule has 0 fully saturated rings. The first-order valence-electron chi connectivity index (χ1n) is 5.52. The van der Waals surface area contributed by atoms with Gasteiger partial charge in [-0.2, -0.15) is 0 Å². The first-order valence-corrected chi connectivity index (χ1v) is 5.52. The molecule has 0 aliphatic heterocycles. The van der Waals surface area contributed by atoms with Gasteiger partial charge in [0.1, 0.15) is 0 Å². The zero-order valence-corrected chi connectivity index (χ0v) is 12.4. The number of aromatic carboxylic acids is 1. The number of carbonyl (C=O) groups is 1. The smallest absolute Gasteiger partial charge is 0.545 e. The van der Waals surface area contributed by atoms with Crippen LogP contribution in [-0.4, -0.2) is 5.97 Å². The van der Waals surface area contributed by atoms with Crippen LogP contribution in [0.2, 0.25) is 0 Å². The van der Waals surface area contributed by atoms with Gasteiger partial charge in [0, 0.05) is 5.56 Å². The van der Waals surface area contributed by atoms with E-state index in [2.05, 4.69) is 6.92 Å². The number of carboxylic acids is 1. The number of benzene rings is 1. The Morgan fingerprint density at radius 1 is 1.31 bits per heavy atom. The Labute approximate surface area is 119 Å². The van der Waals surface area contributed by atoms with Crippen LogP contribution >= 0.6 is 0 Å². The zero-order valence-electron chi connectivity index (χ0n) is 10.4. The second kappa shape index (κ2) is 7.88. The summed E-state index contributed by atoms with van der Waals surface area (Å²) in [7, 11) is 0. The molecule has 16 heavy (non-hydrogen) atoms. The van der Waals surface area contributed by atoms with Crippen molar-refractivity contribution in [2.45, 2.75) is 39.5 Å². The summed E-state index contributed by atoms with van der Waals surface area (Å²) in [5.74, 6) is -1.06. The maximum absolute atomic E-state index is 10.9. The molecule has 2 nitrogen and oxygen atoms in total. The average molecular weight is 228 g/mol. The number of carboxylic acid groups (broad SMARTS) is 1. The second-order valence-corrected chi connectivity index (χ2v) is 3.69. The van der Waals surface area contributed by atoms with Crippen molar-refractivity contribution in [3.8, 4) is 0 Å². The Morgan fingerprint density at radius 2 is 2.00 bits per heavy atom. The Hall–Kier alpha value is -0.310. The van der Waals surface area contributed by atoms with Gasteiger partial charge in [0.25, 0.3) is 0 Å². The molecule has 0 aliphatic carbocycles. The van der Waals surface area contributed by atoms with E-state index < -0.39 is 5.97 Å². The van der Waals surface area contributed by atoms with Crippen LogP contribution in [0.3, 0.4) is 0 Å². The van der Waals surface area contributed by atoms with Crippen molar-refractivity contribution in [1.82, 2.24) is 0 Å². The van der Waals surface area contributed by atoms with E-state index in [4.69, 9.17) is 0 Å². The van der Waals surface area contributed by atoms with Crippen molar-refractivity contribution in [1.29, 1.82) is 0 Å². The molecule has 0 unspecified atom stereocenters. The van der Waals surface area contributed by atoms with Crippen LogP contribution in [-0.2, 0) is 12.8 Å². The molecule has 0 bridgehead atoms. The van der Waals surface area contributed by atoms with Gasteiger partial charge >= 0.3 is 29.6 Å². The Morgan fingerprint density at radius 3 is 2.50 bits per heavy atom. The summed E-state index contributed by atoms with van der Waals surface area (Å²) in [6.07, 6.45) is 3.81. The van der Waals surface area contributed by atoms with Gasteiger partial charge in [-0.15, -0.1) is 0 Å². The van der Waals surface area contributed by atoms with E-state index in [-0.39, 0.29) is 29.6 Å². The molecule has 0 aliphatic rings. The standard InChI is InChI=1S/C13H18O2.Na/c1-3-5-8-11-10(4-2)7-6-9-12(11)13(14)15;/h6-7,9H,3-5,8H2,1-2H3,(H,14,15);/q;+1/p-1. The van der Waals surface area contributed by atoms with Gasteiger partial charge in [-0.05, 0) is 30.4 Å². The molecule has 0 heterocycles. The van der Waals surface area contributed by atoms with Gasteiger partial charge in [0.05, 0.1) is 5.97 Å². The fourth-order valence-corrected chi connectivity index (χ4v) is 1.81. The largest absolute Gasteiger partial charge is 1.00 e. The molecule has 0 saturated carbocycles. The summed E-state index contributed by atoms with van der Waals surface area (Å²) in [6.45, 7) is 4.15. The van der Waals surface area contributed by atoms with Gasteiger partial charge in [-0.1, -0.05) is 38.5 Å². The molecule has 0 aromatic heterocycles. The molecule has 3 heteroatoms. The summed E-state index contributed by atoms with van der Waals surface area (Å²) >= 11 is 0. The minimum Gasteiger partial charge on any atom is -0.545 e. The van der Waals surface area contributed by atoms with Crippen LogP contribution in [0.25, 0.3) is 0 Å². The van der Waals surface area contributed by atoms with E-state index in [0.717, 1.165) is 36.8 Å². The normalized spacial score (nSPS) is 9.62. The third kappa shape index (κ3) is 3.93. The monoisotopic (exact) mass is 228 g/mol. The second-order valence-electron chi connectivity index (χ2n) is 3.69. The summed E-state index contributed by atoms with van der Waals surface area (Å²) in [5.41, 5.74) is 2.45. The first kappa shape index (κ1) is 15.7. The van der Waals surface area contributed by atoms with Crippen LogP contribution in [0, 0.1) is 0 Å². The van der Waals surface area contributed by atoms with Crippen molar-refractivity contribution in [2.24, 2.45) is 0 Å². The summed E-state index contributed by atoms with van der Waals surface area (Å²) < 4.78 is 0. The topological polar surface area (TPSA) is 40.1 Å². The van der Waals surface area contributed by atoms with Crippen LogP contribution in [0.1, 0.15) is 48.2 Å². The van der Waals surface area contributed by atoms with Crippen molar-refractivity contribution in [3.63, 3.8) is 0 Å². The van der Waals surface area contributed by atoms with Crippen LogP contribution in [0.15, 0.2) is 18.2 Å². The van der Waals surface area contributed by atoms with E-state index in [1.807, 2.05) is 13.0 Å². The number of unbranched alkanes of at least 4 members (excludes halogenated alkanes) is 1. The molecular weight excluding hydrogens is 211 g/mol. The van der Waals surface area contributed by atoms with Crippen LogP contribution < -0.4 is 34.7 Å². The molecule has 0 atom stereocenters. The zero-order chi connectivity index (χ0) is 11.3. The number of hydrogen-bond donors (Lipinski definition) is 0. The van der Waals surface area contributed by atoms with Crippen molar-refractivity contribution in [2.75, 3.05) is 0 Å². The van der Waals surface area contributed by atoms with Gasteiger partial charge in [-0.3, -0.25) is 0 Å². The molecule has 0 radical (unpaired) electrons. The summed E-state index contributed by atoms with van der Waals surface area (Å²) in [6, 6.07) is 5.43. The summed E-state index contributed by atoms with van der Waals surface area (Å²) in [4.78, 5) is 10.9. The minimum atomic E-state index is -1.06. The molecule has 0 saturated heterocycles. The van der Waals surface area contributed by atoms with E-state index in [1.165, 1.54) is 0 Å². The molecule has 82 valence electrons. The molecule has 0 N–H and O–H groups in total. The number of aryl methyl sites for hydroxylation is 1. The molecule has 0 spiro atoms. The van der Waals surface area contributed by atoms with Crippen molar-refractivity contribution < 1.29 is 39.5 Å². The van der Waals surface area contributed by atoms with Crippen molar-refractivity contribution >= 4 is 5.97 Å². The first-order chi connectivity index (χ1) is 7.20. The van der Waals surface area contributed by atoms with E-state index in [0.29, 0.717) is 5.56 Å². The maximum Gasteiger partial charge on any atom is 1.00 e. The Kier molecular flexibility index (Phi) is 7.73. The van der Waals surface area contributed by atoms with Gasteiger partial charge < -0.3 is 9.90 Å². The maximum atomic E-state index is 10.9. The molecule has 0 amide bonds. The van der Waals surface area contributed by atoms with Crippen LogP contribution in [0.4, 0.5) is 0 Å². The summed E-state index contributed by atoms with van der Waals surface area (Å²) in [5, 5.41) is 10.9. The fourth-order valence-electron chi connectivity index (χ4n) is 1.81. The Balaban J connectivity index is 0.00000225. The predicted molar refractivity (Wildman–Crippen MR) is 58.8 cm³/mol. The van der Waals surface area contributed by atoms with E-state index in [1.54, 1.807) is 12.1 Å². The molecule has 1 rings (SSSR count). The predicted octanol–water partition coefficient (Wildman–Crippen LogP) is -1.04. The van der Waals surface area contributed by atoms with Gasteiger partial charge in [0.2, 0.25) is 0 Å². The fraction of sp³-hybridized carbons (Fsp3) is 0.462. The average Bonchev–Trinajstić information content (AvgIpc) is 2.25. The minimum absolute atomic E-state index is 0. The quantitative estimate of drug-likeness (QED) is 0.604. The van der Waals surface area contributed by atoms with Crippen LogP contribution in [0.5, 0.6) is 0 Å². The molecule has 1 aromatic rings. The number of hydrogen-bond acceptors (Lipinski definition) is 2. The van der Waals surface area contributed by atoms with Gasteiger partial charge in [-0.25, -0.2) is 0 Å². The van der Waals surface area contributed by atoms with E-state index >= 15 is 0 Å². The third-order valence-electron chi connectivity index (χ3n) is 2.65. The number of carbonyl (C=O) groups excluding carboxylic acids is 1. The van der Waals surface area contributed by atoms with E-state index in [9.17, 15) is 9.90 Å². The van der Waals surface area contributed by atoms with Crippen molar-refractivity contribution in [3.05, 3.63) is 34.9 Å². The van der Waals surface area contributed by atoms with Gasteiger partial charge in [0.15, 0.2) is 0 Å². The SMILES string of the molecule is CCCCc1c(CC)cccc1C(=O)[O-].[Na+].